The standard InChI is InChI=1S/C17H21FN2O3/c1-11-10-14(11)15(21)19-20-16(22)17(6-8-23-9-7-17)12-2-4-13(18)5-3-12/h2-5,11,14H,6-10H2,1H3,(H,19,21)(H,20,22)/t11-,14-/m1/s1. The van der Waals surface area contributed by atoms with Crippen LogP contribution in [-0.2, 0) is 19.7 Å². The van der Waals surface area contributed by atoms with Crippen molar-refractivity contribution in [1.29, 1.82) is 0 Å². The molecule has 6 heteroatoms. The second-order valence-corrected chi connectivity index (χ2v) is 6.46. The summed E-state index contributed by atoms with van der Waals surface area (Å²) >= 11 is 0. The number of carbonyl (C=O) groups is 2. The molecule has 1 saturated heterocycles. The van der Waals surface area contributed by atoms with Crippen LogP contribution in [0.15, 0.2) is 24.3 Å². The van der Waals surface area contributed by atoms with E-state index in [9.17, 15) is 14.0 Å². The molecule has 2 fully saturated rings. The van der Waals surface area contributed by atoms with Crippen LogP contribution in [0.3, 0.4) is 0 Å². The molecule has 2 atom stereocenters. The van der Waals surface area contributed by atoms with E-state index in [1.165, 1.54) is 12.1 Å². The van der Waals surface area contributed by atoms with Gasteiger partial charge in [0.2, 0.25) is 11.8 Å². The van der Waals surface area contributed by atoms with Crippen LogP contribution in [0.2, 0.25) is 0 Å². The quantitative estimate of drug-likeness (QED) is 0.833. The zero-order chi connectivity index (χ0) is 16.4. The smallest absolute Gasteiger partial charge is 0.249 e. The number of ether oxygens (including phenoxy) is 1. The molecule has 5 nitrogen and oxygen atoms in total. The summed E-state index contributed by atoms with van der Waals surface area (Å²) in [6.07, 6.45) is 1.86. The van der Waals surface area contributed by atoms with Crippen LogP contribution < -0.4 is 10.9 Å². The molecule has 0 radical (unpaired) electrons. The predicted molar refractivity (Wildman–Crippen MR) is 81.7 cm³/mol. The number of rotatable bonds is 3. The maximum Gasteiger partial charge on any atom is 0.249 e. The summed E-state index contributed by atoms with van der Waals surface area (Å²) in [5.41, 5.74) is 5.03. The normalized spacial score (nSPS) is 25.5. The molecule has 0 bridgehead atoms. The van der Waals surface area contributed by atoms with E-state index in [2.05, 4.69) is 10.9 Å². The molecule has 2 N–H and O–H groups in total. The van der Waals surface area contributed by atoms with Crippen LogP contribution in [0, 0.1) is 17.7 Å². The van der Waals surface area contributed by atoms with Crippen molar-refractivity contribution in [3.8, 4) is 0 Å². The molecule has 1 saturated carbocycles. The molecule has 3 rings (SSSR count). The number of amides is 2. The zero-order valence-electron chi connectivity index (χ0n) is 13.1. The number of nitrogens with one attached hydrogen (secondary N) is 2. The van der Waals surface area contributed by atoms with Gasteiger partial charge in [0.15, 0.2) is 0 Å². The van der Waals surface area contributed by atoms with Crippen molar-refractivity contribution in [2.75, 3.05) is 13.2 Å². The number of carbonyl (C=O) groups excluding carboxylic acids is 2. The Morgan fingerprint density at radius 2 is 1.78 bits per heavy atom. The minimum absolute atomic E-state index is 0.00763. The minimum atomic E-state index is -0.797. The average molecular weight is 320 g/mol. The lowest BCUT2D eigenvalue weighted by atomic mass is 9.73. The molecule has 1 aliphatic carbocycles. The van der Waals surface area contributed by atoms with Crippen LogP contribution in [0.25, 0.3) is 0 Å². The first-order chi connectivity index (χ1) is 11.0. The molecule has 1 aromatic carbocycles. The van der Waals surface area contributed by atoms with Crippen molar-refractivity contribution < 1.29 is 18.7 Å². The van der Waals surface area contributed by atoms with Gasteiger partial charge in [-0.05, 0) is 42.9 Å². The van der Waals surface area contributed by atoms with Crippen LogP contribution in [0.5, 0.6) is 0 Å². The van der Waals surface area contributed by atoms with Gasteiger partial charge in [-0.15, -0.1) is 0 Å². The van der Waals surface area contributed by atoms with Gasteiger partial charge in [-0.2, -0.15) is 0 Å². The second-order valence-electron chi connectivity index (χ2n) is 6.46. The van der Waals surface area contributed by atoms with Crippen LogP contribution in [-0.4, -0.2) is 25.0 Å². The van der Waals surface area contributed by atoms with Crippen LogP contribution in [0.1, 0.15) is 31.7 Å². The SMILES string of the molecule is C[C@@H]1C[C@H]1C(=O)NNC(=O)C1(c2ccc(F)cc2)CCOCC1. The Balaban J connectivity index is 1.74. The summed E-state index contributed by atoms with van der Waals surface area (Å²) < 4.78 is 18.6. The van der Waals surface area contributed by atoms with Gasteiger partial charge in [-0.1, -0.05) is 19.1 Å². The fourth-order valence-corrected chi connectivity index (χ4v) is 3.15. The van der Waals surface area contributed by atoms with Gasteiger partial charge < -0.3 is 4.74 Å². The number of hydrogen-bond acceptors (Lipinski definition) is 3. The van der Waals surface area contributed by atoms with Gasteiger partial charge in [0.25, 0.3) is 0 Å². The fourth-order valence-electron chi connectivity index (χ4n) is 3.15. The van der Waals surface area contributed by atoms with E-state index in [-0.39, 0.29) is 23.5 Å². The summed E-state index contributed by atoms with van der Waals surface area (Å²) in [5, 5.41) is 0. The second kappa shape index (κ2) is 6.28. The Labute approximate surface area is 134 Å². The Bertz CT molecular complexity index is 596. The van der Waals surface area contributed by atoms with Gasteiger partial charge in [-0.3, -0.25) is 20.4 Å². The molecule has 1 aliphatic heterocycles. The molecule has 0 unspecified atom stereocenters. The number of benzene rings is 1. The van der Waals surface area contributed by atoms with Crippen molar-refractivity contribution in [3.63, 3.8) is 0 Å². The third-order valence-electron chi connectivity index (χ3n) is 4.92. The highest BCUT2D eigenvalue weighted by atomic mass is 19.1. The number of hydrogen-bond donors (Lipinski definition) is 2. The van der Waals surface area contributed by atoms with E-state index in [0.717, 1.165) is 12.0 Å². The summed E-state index contributed by atoms with van der Waals surface area (Å²) in [6.45, 7) is 2.92. The Morgan fingerprint density at radius 1 is 1.17 bits per heavy atom. The topological polar surface area (TPSA) is 67.4 Å². The van der Waals surface area contributed by atoms with Gasteiger partial charge in [0, 0.05) is 19.1 Å². The third-order valence-corrected chi connectivity index (χ3v) is 4.92. The molecule has 23 heavy (non-hydrogen) atoms. The minimum Gasteiger partial charge on any atom is -0.381 e. The van der Waals surface area contributed by atoms with E-state index in [1.54, 1.807) is 12.1 Å². The van der Waals surface area contributed by atoms with E-state index in [4.69, 9.17) is 4.74 Å². The predicted octanol–water partition coefficient (Wildman–Crippen LogP) is 1.68. The van der Waals surface area contributed by atoms with Crippen molar-refractivity contribution >= 4 is 11.8 Å². The highest BCUT2D eigenvalue weighted by molar-refractivity contribution is 5.91. The van der Waals surface area contributed by atoms with Crippen molar-refractivity contribution in [1.82, 2.24) is 10.9 Å². The maximum atomic E-state index is 13.2. The molecule has 1 aromatic rings. The first kappa shape index (κ1) is 15.9. The van der Waals surface area contributed by atoms with E-state index >= 15 is 0 Å². The molecule has 2 aliphatic rings. The van der Waals surface area contributed by atoms with Crippen molar-refractivity contribution in [3.05, 3.63) is 35.6 Å². The molecular weight excluding hydrogens is 299 g/mol. The summed E-state index contributed by atoms with van der Waals surface area (Å²) in [6, 6.07) is 5.96. The first-order valence-corrected chi connectivity index (χ1v) is 7.97. The number of hydrazine groups is 1. The summed E-state index contributed by atoms with van der Waals surface area (Å²) in [7, 11) is 0. The van der Waals surface area contributed by atoms with Crippen LogP contribution >= 0.6 is 0 Å². The number of halogens is 1. The van der Waals surface area contributed by atoms with E-state index in [0.29, 0.717) is 32.0 Å². The lowest BCUT2D eigenvalue weighted by Gasteiger charge is -2.36. The summed E-state index contributed by atoms with van der Waals surface area (Å²) in [5.74, 6) is -0.388. The zero-order valence-corrected chi connectivity index (χ0v) is 13.1. The van der Waals surface area contributed by atoms with Gasteiger partial charge in [-0.25, -0.2) is 4.39 Å². The van der Waals surface area contributed by atoms with Gasteiger partial charge in [0.05, 0.1) is 5.41 Å². The monoisotopic (exact) mass is 320 g/mol. The van der Waals surface area contributed by atoms with Gasteiger partial charge >= 0.3 is 0 Å². The van der Waals surface area contributed by atoms with Crippen molar-refractivity contribution in [2.45, 2.75) is 31.6 Å². The highest BCUT2D eigenvalue weighted by Gasteiger charge is 2.43. The lowest BCUT2D eigenvalue weighted by molar-refractivity contribution is -0.135. The lowest BCUT2D eigenvalue weighted by Crippen LogP contribution is -2.54. The van der Waals surface area contributed by atoms with E-state index in [1.807, 2.05) is 6.92 Å². The molecule has 1 heterocycles. The molecule has 2 amide bonds. The molecule has 0 spiro atoms. The Hall–Kier alpha value is -1.95. The average Bonchev–Trinajstić information content (AvgIpc) is 3.30. The van der Waals surface area contributed by atoms with Crippen molar-refractivity contribution in [2.24, 2.45) is 11.8 Å². The Morgan fingerprint density at radius 3 is 2.35 bits per heavy atom. The molecule has 124 valence electrons. The van der Waals surface area contributed by atoms with Crippen LogP contribution in [0.4, 0.5) is 4.39 Å². The summed E-state index contributed by atoms with van der Waals surface area (Å²) in [4.78, 5) is 24.6. The third kappa shape index (κ3) is 3.22. The maximum absolute atomic E-state index is 13.2. The largest absolute Gasteiger partial charge is 0.381 e. The highest BCUT2D eigenvalue weighted by Crippen LogP contribution is 2.38. The molecule has 0 aromatic heterocycles. The van der Waals surface area contributed by atoms with Gasteiger partial charge in [0.1, 0.15) is 5.82 Å². The molecular formula is C17H21FN2O3. The Kier molecular flexibility index (Phi) is 4.35. The fraction of sp³-hybridized carbons (Fsp3) is 0.529. The van der Waals surface area contributed by atoms with E-state index < -0.39 is 5.41 Å². The first-order valence-electron chi connectivity index (χ1n) is 7.97.